The minimum Gasteiger partial charge on any atom is -0.466 e. The van der Waals surface area contributed by atoms with Gasteiger partial charge in [0.05, 0.1) is 24.0 Å². The Kier molecular flexibility index (Phi) is 40.4. The minimum atomic E-state index is -0.445. The van der Waals surface area contributed by atoms with Crippen LogP contribution in [0.25, 0.3) is 0 Å². The largest absolute Gasteiger partial charge is 0.466 e. The zero-order valence-corrected chi connectivity index (χ0v) is 25.4. The number of esters is 2. The van der Waals surface area contributed by atoms with Gasteiger partial charge in [-0.05, 0) is 52.4 Å². The van der Waals surface area contributed by atoms with Gasteiger partial charge in [-0.3, -0.25) is 9.59 Å². The van der Waals surface area contributed by atoms with Crippen LogP contribution in [0.15, 0.2) is 37.5 Å². The maximum atomic E-state index is 11.8. The van der Waals surface area contributed by atoms with E-state index in [0.29, 0.717) is 26.1 Å². The average molecular weight is 622 g/mol. The molecule has 0 aromatic heterocycles. The molecule has 0 aliphatic heterocycles. The quantitative estimate of drug-likeness (QED) is 0.152. The van der Waals surface area contributed by atoms with E-state index in [1.54, 1.807) is 12.2 Å². The molecule has 0 spiro atoms. The Hall–Kier alpha value is -1.68. The molecule has 1 aliphatic rings. The fourth-order valence-electron chi connectivity index (χ4n) is 3.10. The van der Waals surface area contributed by atoms with Crippen LogP contribution < -0.4 is 0 Å². The second-order valence-corrected chi connectivity index (χ2v) is 6.74. The summed E-state index contributed by atoms with van der Waals surface area (Å²) in [6.45, 7) is 16.0. The number of allylic oxidation sites excluding steroid dienone is 4. The number of hydrogen-bond acceptors (Lipinski definition) is 8. The molecule has 0 saturated carbocycles. The third-order valence-corrected chi connectivity index (χ3v) is 5.02. The summed E-state index contributed by atoms with van der Waals surface area (Å²) in [7, 11) is 0. The van der Waals surface area contributed by atoms with E-state index in [2.05, 4.69) is 25.3 Å². The Labute approximate surface area is 232 Å². The first-order valence-electron chi connectivity index (χ1n) is 10.4. The van der Waals surface area contributed by atoms with Gasteiger partial charge in [-0.1, -0.05) is 38.2 Å². The van der Waals surface area contributed by atoms with Gasteiger partial charge in [-0.25, -0.2) is 0 Å². The molecule has 0 aromatic carbocycles. The normalized spacial score (nSPS) is 11.4. The van der Waals surface area contributed by atoms with Crippen LogP contribution in [0.2, 0.25) is 0 Å². The molecule has 1 rings (SSSR count). The SMILES string of the molecule is C=CCC(CC)(CC=C)C(=O)OCC.CCOC(=O)C1(CC)CC=CC1.O=C=O.O=C=O.P.S.[Ru]. The van der Waals surface area contributed by atoms with Crippen molar-refractivity contribution in [3.8, 4) is 0 Å². The van der Waals surface area contributed by atoms with Crippen molar-refractivity contribution in [1.82, 2.24) is 0 Å². The number of ether oxygens (including phenoxy) is 2. The second kappa shape index (κ2) is 30.4. The molecular formula is C24H41O8PRuS. The molecule has 11 heteroatoms. The summed E-state index contributed by atoms with van der Waals surface area (Å²) < 4.78 is 10.1. The van der Waals surface area contributed by atoms with Gasteiger partial charge in [0.1, 0.15) is 0 Å². The van der Waals surface area contributed by atoms with Gasteiger partial charge in [-0.15, -0.1) is 13.2 Å². The van der Waals surface area contributed by atoms with Crippen molar-refractivity contribution < 1.29 is 57.7 Å². The van der Waals surface area contributed by atoms with E-state index in [1.165, 1.54) is 0 Å². The zero-order valence-electron chi connectivity index (χ0n) is 21.2. The van der Waals surface area contributed by atoms with Crippen LogP contribution >= 0.6 is 23.4 Å². The third kappa shape index (κ3) is 19.2. The molecule has 35 heavy (non-hydrogen) atoms. The predicted octanol–water partition coefficient (Wildman–Crippen LogP) is 4.40. The van der Waals surface area contributed by atoms with Gasteiger partial charge in [0.2, 0.25) is 0 Å². The average Bonchev–Trinajstić information content (AvgIpc) is 3.26. The Morgan fingerprint density at radius 2 is 1.29 bits per heavy atom. The molecule has 204 valence electrons. The molecule has 0 N–H and O–H groups in total. The summed E-state index contributed by atoms with van der Waals surface area (Å²) in [6, 6.07) is 0. The molecule has 0 aromatic rings. The van der Waals surface area contributed by atoms with E-state index in [4.69, 9.17) is 28.7 Å². The van der Waals surface area contributed by atoms with Gasteiger partial charge in [0, 0.05) is 19.5 Å². The Bertz CT molecular complexity index is 640. The van der Waals surface area contributed by atoms with Crippen molar-refractivity contribution in [2.45, 2.75) is 66.2 Å². The summed E-state index contributed by atoms with van der Waals surface area (Å²) in [6.07, 6.45) is 12.8. The van der Waals surface area contributed by atoms with E-state index in [0.717, 1.165) is 25.7 Å². The summed E-state index contributed by atoms with van der Waals surface area (Å²) in [5, 5.41) is 0. The Balaban J connectivity index is -0.0000000918. The van der Waals surface area contributed by atoms with Gasteiger partial charge in [0.15, 0.2) is 0 Å². The van der Waals surface area contributed by atoms with Crippen LogP contribution in [0.3, 0.4) is 0 Å². The molecule has 1 aliphatic carbocycles. The minimum absolute atomic E-state index is 0. The Morgan fingerprint density at radius 3 is 1.54 bits per heavy atom. The van der Waals surface area contributed by atoms with Crippen molar-refractivity contribution in [2.24, 2.45) is 10.8 Å². The van der Waals surface area contributed by atoms with Crippen molar-refractivity contribution in [1.29, 1.82) is 0 Å². The van der Waals surface area contributed by atoms with Gasteiger partial charge in [-0.2, -0.15) is 42.6 Å². The molecule has 0 fully saturated rings. The first-order chi connectivity index (χ1) is 15.2. The standard InChI is InChI=1S/C12H20O2.C10H16O2.2CO2.H3P.Ru.H2S/c1-5-9-12(7-3,10-6-2)11(13)14-8-4;1-3-10(7-5-6-8-10)9(11)12-4-2;2*2-1-3;;;/h5-6H,1-2,7-10H2,3-4H3;5-6H,3-4,7-8H2,1-2H3;;;1H3;;1H2. The smallest absolute Gasteiger partial charge is 0.373 e. The van der Waals surface area contributed by atoms with Crippen molar-refractivity contribution in [3.63, 3.8) is 0 Å². The van der Waals surface area contributed by atoms with Gasteiger partial charge < -0.3 is 9.47 Å². The van der Waals surface area contributed by atoms with Crippen molar-refractivity contribution in [3.05, 3.63) is 37.5 Å². The number of carbonyl (C=O) groups excluding carboxylic acids is 6. The van der Waals surface area contributed by atoms with Crippen LogP contribution in [0.4, 0.5) is 0 Å². The molecule has 0 bridgehead atoms. The summed E-state index contributed by atoms with van der Waals surface area (Å²) in [5.74, 6) is -0.167. The van der Waals surface area contributed by atoms with Crippen LogP contribution in [-0.2, 0) is 57.7 Å². The molecule has 1 atom stereocenters. The summed E-state index contributed by atoms with van der Waals surface area (Å²) in [4.78, 5) is 55.8. The van der Waals surface area contributed by atoms with E-state index >= 15 is 0 Å². The topological polar surface area (TPSA) is 121 Å². The molecule has 0 heterocycles. The first-order valence-corrected chi connectivity index (χ1v) is 10.4. The maximum absolute atomic E-state index is 11.8. The zero-order chi connectivity index (χ0) is 25.5. The predicted molar refractivity (Wildman–Crippen MR) is 138 cm³/mol. The second-order valence-electron chi connectivity index (χ2n) is 6.74. The van der Waals surface area contributed by atoms with Gasteiger partial charge in [0.25, 0.3) is 0 Å². The number of carbonyl (C=O) groups is 2. The molecule has 8 nitrogen and oxygen atoms in total. The molecule has 0 amide bonds. The molecule has 0 saturated heterocycles. The fraction of sp³-hybridized carbons (Fsp3) is 0.583. The van der Waals surface area contributed by atoms with Crippen molar-refractivity contribution >= 4 is 47.6 Å². The van der Waals surface area contributed by atoms with Crippen LogP contribution in [0, 0.1) is 10.8 Å². The maximum Gasteiger partial charge on any atom is 0.373 e. The Morgan fingerprint density at radius 1 is 0.914 bits per heavy atom. The fourth-order valence-corrected chi connectivity index (χ4v) is 3.10. The molecular weight excluding hydrogens is 580 g/mol. The molecule has 1 unspecified atom stereocenters. The van der Waals surface area contributed by atoms with E-state index < -0.39 is 5.41 Å². The summed E-state index contributed by atoms with van der Waals surface area (Å²) >= 11 is 0. The van der Waals surface area contributed by atoms with E-state index in [9.17, 15) is 9.59 Å². The first kappa shape index (κ1) is 46.6. The van der Waals surface area contributed by atoms with Crippen LogP contribution in [0.5, 0.6) is 0 Å². The van der Waals surface area contributed by atoms with E-state index in [1.807, 2.05) is 27.7 Å². The van der Waals surface area contributed by atoms with Gasteiger partial charge >= 0.3 is 24.2 Å². The van der Waals surface area contributed by atoms with Crippen LogP contribution in [0.1, 0.15) is 66.2 Å². The number of rotatable bonds is 10. The third-order valence-electron chi connectivity index (χ3n) is 5.02. The monoisotopic (exact) mass is 622 g/mol. The van der Waals surface area contributed by atoms with Crippen LogP contribution in [-0.4, -0.2) is 37.5 Å². The number of hydrogen-bond donors (Lipinski definition) is 0. The summed E-state index contributed by atoms with van der Waals surface area (Å²) in [5.41, 5.74) is -0.671. The van der Waals surface area contributed by atoms with Crippen molar-refractivity contribution in [2.75, 3.05) is 13.2 Å². The van der Waals surface area contributed by atoms with E-state index in [-0.39, 0.29) is 72.5 Å². The molecule has 0 radical (unpaired) electrons.